The van der Waals surface area contributed by atoms with E-state index < -0.39 is 28.3 Å². The molecule has 0 saturated carbocycles. The van der Waals surface area contributed by atoms with Crippen LogP contribution in [-0.4, -0.2) is 42.7 Å². The lowest BCUT2D eigenvalue weighted by molar-refractivity contribution is -0.144. The molecule has 0 aliphatic heterocycles. The molecule has 152 valence electrons. The van der Waals surface area contributed by atoms with E-state index in [2.05, 4.69) is 9.97 Å². The van der Waals surface area contributed by atoms with E-state index >= 15 is 0 Å². The molecule has 2 rings (SSSR count). The second-order valence-corrected chi connectivity index (χ2v) is 7.90. The van der Waals surface area contributed by atoms with E-state index in [9.17, 15) is 19.2 Å². The van der Waals surface area contributed by atoms with Gasteiger partial charge in [-0.15, -0.1) is 0 Å². The van der Waals surface area contributed by atoms with E-state index in [1.165, 1.54) is 25.6 Å². The van der Waals surface area contributed by atoms with E-state index in [0.29, 0.717) is 12.2 Å². The molecule has 0 fully saturated rings. The van der Waals surface area contributed by atoms with Crippen LogP contribution in [0.25, 0.3) is 11.0 Å². The van der Waals surface area contributed by atoms with Crippen LogP contribution in [0.2, 0.25) is 0 Å². The van der Waals surface area contributed by atoms with Gasteiger partial charge < -0.3 is 4.74 Å². The van der Waals surface area contributed by atoms with Crippen molar-refractivity contribution in [3.63, 3.8) is 0 Å². The molecule has 28 heavy (non-hydrogen) atoms. The molecule has 0 aromatic carbocycles. The Labute approximate surface area is 166 Å². The third-order valence-electron chi connectivity index (χ3n) is 4.00. The molecule has 0 amide bonds. The minimum Gasteiger partial charge on any atom is -0.465 e. The number of carbonyl (C=O) groups is 2. The first-order valence-corrected chi connectivity index (χ1v) is 9.76. The lowest BCUT2D eigenvalue weighted by Crippen LogP contribution is -2.38. The number of rotatable bonds is 7. The Morgan fingerprint density at radius 3 is 2.32 bits per heavy atom. The number of ether oxygens (including phenoxy) is 1. The van der Waals surface area contributed by atoms with Gasteiger partial charge in [-0.2, -0.15) is 0 Å². The van der Waals surface area contributed by atoms with Crippen LogP contribution in [0.3, 0.4) is 0 Å². The summed E-state index contributed by atoms with van der Waals surface area (Å²) in [6.45, 7) is 7.02. The first-order valence-electron chi connectivity index (χ1n) is 8.88. The summed E-state index contributed by atoms with van der Waals surface area (Å²) in [7, 11) is 2.87. The number of carbonyl (C=O) groups excluding carboxylic acids is 2. The molecular formula is C18H24N4O5S. The van der Waals surface area contributed by atoms with E-state index in [1.807, 2.05) is 13.8 Å². The molecular weight excluding hydrogens is 384 g/mol. The monoisotopic (exact) mass is 408 g/mol. The highest BCUT2D eigenvalue weighted by Gasteiger charge is 2.29. The molecule has 0 N–H and O–H groups in total. The van der Waals surface area contributed by atoms with Gasteiger partial charge in [0.2, 0.25) is 0 Å². The lowest BCUT2D eigenvalue weighted by Gasteiger charge is -2.15. The van der Waals surface area contributed by atoms with Gasteiger partial charge in [0, 0.05) is 20.5 Å². The molecule has 0 aliphatic carbocycles. The fraction of sp³-hybridized carbons (Fsp3) is 0.556. The minimum atomic E-state index is -1.16. The number of fused-ring (bicyclic) bond motifs is 1. The van der Waals surface area contributed by atoms with Crippen LogP contribution in [0.5, 0.6) is 0 Å². The Kier molecular flexibility index (Phi) is 6.76. The summed E-state index contributed by atoms with van der Waals surface area (Å²) in [6, 6.07) is 0. The first-order chi connectivity index (χ1) is 13.1. The Bertz CT molecular complexity index is 1040. The highest BCUT2D eigenvalue weighted by atomic mass is 32.2. The molecule has 0 bridgehead atoms. The predicted octanol–water partition coefficient (Wildman–Crippen LogP) is 0.838. The third-order valence-corrected chi connectivity index (χ3v) is 5.28. The summed E-state index contributed by atoms with van der Waals surface area (Å²) < 4.78 is 7.19. The van der Waals surface area contributed by atoms with Crippen LogP contribution in [0, 0.1) is 5.92 Å². The van der Waals surface area contributed by atoms with Crippen molar-refractivity contribution < 1.29 is 14.3 Å². The summed E-state index contributed by atoms with van der Waals surface area (Å²) in [5.74, 6) is -0.451. The fourth-order valence-electron chi connectivity index (χ4n) is 2.64. The zero-order chi connectivity index (χ0) is 21.2. The Morgan fingerprint density at radius 2 is 1.79 bits per heavy atom. The maximum absolute atomic E-state index is 12.8. The highest BCUT2D eigenvalue weighted by Crippen LogP contribution is 2.28. The van der Waals surface area contributed by atoms with E-state index in [0.717, 1.165) is 16.3 Å². The summed E-state index contributed by atoms with van der Waals surface area (Å²) in [6.07, 6.45) is 0.511. The van der Waals surface area contributed by atoms with Gasteiger partial charge in [-0.05, 0) is 19.8 Å². The number of ketones is 1. The number of thioether (sulfide) groups is 1. The van der Waals surface area contributed by atoms with Crippen molar-refractivity contribution in [2.45, 2.75) is 44.4 Å². The molecule has 10 heteroatoms. The normalized spacial score (nSPS) is 12.4. The number of Topliss-reactive ketones (excluding diaryl/α,β-unsaturated/α-hetero) is 1. The SMILES string of the molecule is CCOC(=O)[C@@H](Sc1nc(CC(C)C)nc2c1c(=O)n(C)c(=O)n2C)C(C)=O. The van der Waals surface area contributed by atoms with Crippen molar-refractivity contribution in [3.8, 4) is 0 Å². The Hall–Kier alpha value is -2.49. The standard InChI is InChI=1S/C18H24N4O5S/c1-7-27-17(25)13(10(4)23)28-15-12-14(19-11(20-15)8-9(2)3)21(5)18(26)22(6)16(12)24/h9,13H,7-8H2,1-6H3/t13-/m0/s1. The second kappa shape index (κ2) is 8.68. The minimum absolute atomic E-state index is 0.0951. The van der Waals surface area contributed by atoms with Gasteiger partial charge in [-0.1, -0.05) is 25.6 Å². The van der Waals surface area contributed by atoms with Crippen LogP contribution >= 0.6 is 11.8 Å². The van der Waals surface area contributed by atoms with Crippen molar-refractivity contribution in [1.29, 1.82) is 0 Å². The van der Waals surface area contributed by atoms with Gasteiger partial charge in [0.05, 0.1) is 6.61 Å². The van der Waals surface area contributed by atoms with Gasteiger partial charge in [-0.3, -0.25) is 23.5 Å². The van der Waals surface area contributed by atoms with Gasteiger partial charge in [0.25, 0.3) is 5.56 Å². The summed E-state index contributed by atoms with van der Waals surface area (Å²) in [5.41, 5.74) is -0.925. The van der Waals surface area contributed by atoms with Crippen molar-refractivity contribution in [2.24, 2.45) is 20.0 Å². The average molecular weight is 408 g/mol. The van der Waals surface area contributed by atoms with Crippen LogP contribution in [0.4, 0.5) is 0 Å². The molecule has 9 nitrogen and oxygen atoms in total. The second-order valence-electron chi connectivity index (χ2n) is 6.81. The largest absolute Gasteiger partial charge is 0.465 e. The number of esters is 1. The number of hydrogen-bond donors (Lipinski definition) is 0. The number of aryl methyl sites for hydroxylation is 1. The maximum atomic E-state index is 12.8. The fourth-order valence-corrected chi connectivity index (χ4v) is 3.65. The summed E-state index contributed by atoms with van der Waals surface area (Å²) in [5, 5.41) is -0.880. The average Bonchev–Trinajstić information content (AvgIpc) is 2.61. The Balaban J connectivity index is 2.78. The van der Waals surface area contributed by atoms with E-state index in [-0.39, 0.29) is 28.6 Å². The maximum Gasteiger partial charge on any atom is 0.332 e. The molecule has 0 radical (unpaired) electrons. The van der Waals surface area contributed by atoms with Crippen molar-refractivity contribution in [2.75, 3.05) is 6.61 Å². The number of nitrogens with zero attached hydrogens (tertiary/aromatic N) is 4. The van der Waals surface area contributed by atoms with Crippen LogP contribution in [-0.2, 0) is 34.8 Å². The van der Waals surface area contributed by atoms with Crippen molar-refractivity contribution in [3.05, 3.63) is 26.7 Å². The van der Waals surface area contributed by atoms with Crippen LogP contribution in [0.1, 0.15) is 33.5 Å². The molecule has 0 aliphatic rings. The smallest absolute Gasteiger partial charge is 0.332 e. The van der Waals surface area contributed by atoms with Crippen molar-refractivity contribution >= 4 is 34.5 Å². The summed E-state index contributed by atoms with van der Waals surface area (Å²) in [4.78, 5) is 58.1. The lowest BCUT2D eigenvalue weighted by atomic mass is 10.1. The quantitative estimate of drug-likeness (QED) is 0.287. The Morgan fingerprint density at radius 1 is 1.14 bits per heavy atom. The number of aromatic nitrogens is 4. The molecule has 2 aromatic heterocycles. The van der Waals surface area contributed by atoms with Crippen LogP contribution in [0.15, 0.2) is 14.6 Å². The van der Waals surface area contributed by atoms with E-state index in [4.69, 9.17) is 4.74 Å². The first kappa shape index (κ1) is 21.8. The molecule has 2 aromatic rings. The van der Waals surface area contributed by atoms with Gasteiger partial charge in [0.1, 0.15) is 16.2 Å². The summed E-state index contributed by atoms with van der Waals surface area (Å²) >= 11 is 0.849. The van der Waals surface area contributed by atoms with Gasteiger partial charge >= 0.3 is 11.7 Å². The predicted molar refractivity (Wildman–Crippen MR) is 106 cm³/mol. The highest BCUT2D eigenvalue weighted by molar-refractivity contribution is 8.01. The molecule has 0 saturated heterocycles. The van der Waals surface area contributed by atoms with E-state index in [1.54, 1.807) is 6.92 Å². The zero-order valence-electron chi connectivity index (χ0n) is 16.8. The molecule has 1 atom stereocenters. The molecule has 0 spiro atoms. The van der Waals surface area contributed by atoms with Crippen molar-refractivity contribution in [1.82, 2.24) is 19.1 Å². The van der Waals surface area contributed by atoms with Crippen LogP contribution < -0.4 is 11.2 Å². The molecule has 0 unspecified atom stereocenters. The molecule has 2 heterocycles. The third kappa shape index (κ3) is 4.32. The van der Waals surface area contributed by atoms with Gasteiger partial charge in [0.15, 0.2) is 16.7 Å². The van der Waals surface area contributed by atoms with Gasteiger partial charge in [-0.25, -0.2) is 14.8 Å². The topological polar surface area (TPSA) is 113 Å². The zero-order valence-corrected chi connectivity index (χ0v) is 17.6. The number of hydrogen-bond acceptors (Lipinski definition) is 8.